The van der Waals surface area contributed by atoms with E-state index >= 15 is 0 Å². The standard InChI is InChI=1S/C32H43N5O4/c1-23(18-24-8-6-5-7-9-24)20-35-12-14-36(15-13-35)21-28-26-22-40-31-25(29(26)33-41-28)19-27(38-3)32(39-4)30(31)37-16-10-34(2)11-17-37/h5-9,18-19,28,33H,10-17,20-22H2,1-4H3. The molecule has 1 atom stereocenters. The van der Waals surface area contributed by atoms with Gasteiger partial charge < -0.3 is 24.0 Å². The average Bonchev–Trinajstić information content (AvgIpc) is 3.41. The van der Waals surface area contributed by atoms with Crippen LogP contribution >= 0.6 is 0 Å². The van der Waals surface area contributed by atoms with Crippen LogP contribution in [-0.4, -0.2) is 114 Å². The van der Waals surface area contributed by atoms with E-state index in [0.29, 0.717) is 12.4 Å². The van der Waals surface area contributed by atoms with Gasteiger partial charge in [0.15, 0.2) is 17.2 Å². The van der Waals surface area contributed by atoms with E-state index in [-0.39, 0.29) is 6.10 Å². The van der Waals surface area contributed by atoms with Gasteiger partial charge in [-0.15, -0.1) is 0 Å². The second kappa shape index (κ2) is 12.3. The van der Waals surface area contributed by atoms with Crippen LogP contribution < -0.4 is 24.6 Å². The van der Waals surface area contributed by atoms with Crippen molar-refractivity contribution in [1.29, 1.82) is 0 Å². The van der Waals surface area contributed by atoms with Gasteiger partial charge >= 0.3 is 0 Å². The molecule has 0 radical (unpaired) electrons. The molecular formula is C32H43N5O4. The molecule has 4 heterocycles. The number of benzene rings is 2. The zero-order chi connectivity index (χ0) is 28.3. The summed E-state index contributed by atoms with van der Waals surface area (Å²) in [5, 5.41) is 0. The minimum Gasteiger partial charge on any atom is -0.493 e. The lowest BCUT2D eigenvalue weighted by Crippen LogP contribution is -2.49. The molecule has 0 aliphatic carbocycles. The molecule has 0 saturated carbocycles. The SMILES string of the molecule is COc1cc2c(c(N3CCN(C)CC3)c1OC)OCC1=C2NOC1CN1CCN(CC(C)=Cc2ccccc2)CC1. The van der Waals surface area contributed by atoms with E-state index < -0.39 is 0 Å². The van der Waals surface area contributed by atoms with Gasteiger partial charge in [-0.05, 0) is 25.6 Å². The van der Waals surface area contributed by atoms with E-state index in [4.69, 9.17) is 19.0 Å². The lowest BCUT2D eigenvalue weighted by atomic mass is 9.98. The van der Waals surface area contributed by atoms with E-state index in [1.165, 1.54) is 11.1 Å². The predicted molar refractivity (Wildman–Crippen MR) is 163 cm³/mol. The fraction of sp³-hybridized carbons (Fsp3) is 0.500. The molecule has 2 aromatic carbocycles. The number of nitrogens with zero attached hydrogens (tertiary/aromatic N) is 4. The molecule has 2 aromatic rings. The molecule has 2 saturated heterocycles. The Labute approximate surface area is 243 Å². The second-order valence-corrected chi connectivity index (χ2v) is 11.5. The number of rotatable bonds is 8. The Kier molecular flexibility index (Phi) is 8.39. The van der Waals surface area contributed by atoms with Crippen molar-refractivity contribution in [3.8, 4) is 17.2 Å². The molecule has 9 heteroatoms. The largest absolute Gasteiger partial charge is 0.493 e. The third kappa shape index (κ3) is 5.90. The van der Waals surface area contributed by atoms with Gasteiger partial charge in [0.25, 0.3) is 0 Å². The van der Waals surface area contributed by atoms with Crippen molar-refractivity contribution in [2.45, 2.75) is 13.0 Å². The molecule has 2 fully saturated rings. The smallest absolute Gasteiger partial charge is 0.188 e. The summed E-state index contributed by atoms with van der Waals surface area (Å²) in [6.07, 6.45) is 2.24. The number of hydrogen-bond acceptors (Lipinski definition) is 9. The lowest BCUT2D eigenvalue weighted by Gasteiger charge is -2.37. The van der Waals surface area contributed by atoms with Crippen molar-refractivity contribution in [1.82, 2.24) is 20.2 Å². The number of anilines is 1. The van der Waals surface area contributed by atoms with E-state index in [9.17, 15) is 0 Å². The van der Waals surface area contributed by atoms with Crippen molar-refractivity contribution in [2.75, 3.05) is 98.2 Å². The zero-order valence-electron chi connectivity index (χ0n) is 24.8. The molecular weight excluding hydrogens is 518 g/mol. The number of hydroxylamine groups is 1. The maximum Gasteiger partial charge on any atom is 0.188 e. The van der Waals surface area contributed by atoms with Gasteiger partial charge in [-0.1, -0.05) is 42.0 Å². The van der Waals surface area contributed by atoms with Crippen LogP contribution in [0.15, 0.2) is 47.5 Å². The number of fused-ring (bicyclic) bond motifs is 2. The minimum absolute atomic E-state index is 0.0513. The van der Waals surface area contributed by atoms with Crippen LogP contribution in [0.3, 0.4) is 0 Å². The molecule has 0 spiro atoms. The highest BCUT2D eigenvalue weighted by atomic mass is 16.7. The van der Waals surface area contributed by atoms with E-state index in [1.807, 2.05) is 6.07 Å². The van der Waals surface area contributed by atoms with Crippen molar-refractivity contribution in [3.05, 3.63) is 58.7 Å². The molecule has 9 nitrogen and oxygen atoms in total. The summed E-state index contributed by atoms with van der Waals surface area (Å²) in [5.41, 5.74) is 10.0. The van der Waals surface area contributed by atoms with Crippen LogP contribution in [0.4, 0.5) is 5.69 Å². The summed E-state index contributed by atoms with van der Waals surface area (Å²) in [7, 11) is 5.55. The van der Waals surface area contributed by atoms with Gasteiger partial charge in [0.05, 0.1) is 19.9 Å². The monoisotopic (exact) mass is 561 g/mol. The lowest BCUT2D eigenvalue weighted by molar-refractivity contribution is 0.0118. The summed E-state index contributed by atoms with van der Waals surface area (Å²) in [5.74, 6) is 2.27. The average molecular weight is 562 g/mol. The topological polar surface area (TPSA) is 61.9 Å². The van der Waals surface area contributed by atoms with Crippen LogP contribution in [0.2, 0.25) is 0 Å². The maximum absolute atomic E-state index is 6.52. The van der Waals surface area contributed by atoms with Crippen LogP contribution in [-0.2, 0) is 4.84 Å². The Morgan fingerprint density at radius 2 is 1.71 bits per heavy atom. The maximum atomic E-state index is 6.52. The van der Waals surface area contributed by atoms with Crippen molar-refractivity contribution in [3.63, 3.8) is 0 Å². The van der Waals surface area contributed by atoms with Crippen molar-refractivity contribution >= 4 is 17.5 Å². The highest BCUT2D eigenvalue weighted by Gasteiger charge is 2.38. The van der Waals surface area contributed by atoms with E-state index in [1.54, 1.807) is 14.2 Å². The first-order chi connectivity index (χ1) is 20.0. The number of methoxy groups -OCH3 is 2. The molecule has 1 N–H and O–H groups in total. The molecule has 1 unspecified atom stereocenters. The van der Waals surface area contributed by atoms with Gasteiger partial charge in [-0.2, -0.15) is 0 Å². The summed E-state index contributed by atoms with van der Waals surface area (Å²) in [4.78, 5) is 15.9. The number of nitrogens with one attached hydrogen (secondary N) is 1. The molecule has 0 bridgehead atoms. The molecule has 4 aliphatic heterocycles. The van der Waals surface area contributed by atoms with Gasteiger partial charge in [0.1, 0.15) is 18.4 Å². The normalized spacial score (nSPS) is 22.2. The first-order valence-corrected chi connectivity index (χ1v) is 14.7. The molecule has 220 valence electrons. The fourth-order valence-corrected chi connectivity index (χ4v) is 6.32. The van der Waals surface area contributed by atoms with Crippen LogP contribution in [0.25, 0.3) is 11.8 Å². The Hall–Kier alpha value is -3.24. The van der Waals surface area contributed by atoms with Crippen LogP contribution in [0, 0.1) is 0 Å². The second-order valence-electron chi connectivity index (χ2n) is 11.5. The van der Waals surface area contributed by atoms with E-state index in [0.717, 1.165) is 99.5 Å². The molecule has 41 heavy (non-hydrogen) atoms. The number of likely N-dealkylation sites (N-methyl/N-ethyl adjacent to an activating group) is 1. The highest BCUT2D eigenvalue weighted by Crippen LogP contribution is 2.51. The number of ether oxygens (including phenoxy) is 3. The molecule has 4 aliphatic rings. The van der Waals surface area contributed by atoms with Gasteiger partial charge in [0.2, 0.25) is 0 Å². The third-order valence-corrected chi connectivity index (χ3v) is 8.65. The fourth-order valence-electron chi connectivity index (χ4n) is 6.32. The quantitative estimate of drug-likeness (QED) is 0.524. The summed E-state index contributed by atoms with van der Waals surface area (Å²) < 4.78 is 18.2. The molecule has 0 aromatic heterocycles. The zero-order valence-corrected chi connectivity index (χ0v) is 24.8. The Morgan fingerprint density at radius 3 is 2.41 bits per heavy atom. The van der Waals surface area contributed by atoms with Crippen molar-refractivity contribution in [2.24, 2.45) is 0 Å². The van der Waals surface area contributed by atoms with Crippen molar-refractivity contribution < 1.29 is 19.0 Å². The Bertz CT molecular complexity index is 1280. The van der Waals surface area contributed by atoms with Crippen LogP contribution in [0.1, 0.15) is 18.1 Å². The summed E-state index contributed by atoms with van der Waals surface area (Å²) in [6, 6.07) is 12.6. The number of piperazine rings is 2. The summed E-state index contributed by atoms with van der Waals surface area (Å²) in [6.45, 7) is 12.5. The van der Waals surface area contributed by atoms with Gasteiger partial charge in [-0.3, -0.25) is 20.1 Å². The number of hydrogen-bond donors (Lipinski definition) is 1. The molecule has 0 amide bonds. The summed E-state index contributed by atoms with van der Waals surface area (Å²) >= 11 is 0. The molecule has 6 rings (SSSR count). The minimum atomic E-state index is -0.0513. The Balaban J connectivity index is 1.14. The van der Waals surface area contributed by atoms with Gasteiger partial charge in [-0.25, -0.2) is 0 Å². The third-order valence-electron chi connectivity index (χ3n) is 8.65. The first-order valence-electron chi connectivity index (χ1n) is 14.7. The Morgan fingerprint density at radius 1 is 0.976 bits per heavy atom. The van der Waals surface area contributed by atoms with Crippen LogP contribution in [0.5, 0.6) is 17.2 Å². The van der Waals surface area contributed by atoms with E-state index in [2.05, 4.69) is 75.5 Å². The first kappa shape index (κ1) is 27.9. The van der Waals surface area contributed by atoms with Gasteiger partial charge in [0, 0.05) is 76.6 Å². The predicted octanol–water partition coefficient (Wildman–Crippen LogP) is 3.18. The highest BCUT2D eigenvalue weighted by molar-refractivity contribution is 5.86.